The van der Waals surface area contributed by atoms with Crippen LogP contribution >= 0.6 is 0 Å². The van der Waals surface area contributed by atoms with Gasteiger partial charge in [-0.1, -0.05) is 144 Å². The summed E-state index contributed by atoms with van der Waals surface area (Å²) in [5.74, 6) is -1.05. The fraction of sp³-hybridized carbons (Fsp3) is 0.634. The first-order chi connectivity index (χ1) is 23.3. The van der Waals surface area contributed by atoms with Crippen LogP contribution in [0.25, 0.3) is 0 Å². The summed E-state index contributed by atoms with van der Waals surface area (Å²) in [7, 11) is -4.37. The number of rotatable bonds is 32. The number of carbonyl (C=O) groups excluding carboxylic acids is 1. The molecule has 0 bridgehead atoms. The number of nitrogens with one attached hydrogen (secondary N) is 1. The molecule has 0 saturated carbocycles. The van der Waals surface area contributed by atoms with Gasteiger partial charge in [0.15, 0.2) is 0 Å². The number of amides is 1. The molecule has 0 aliphatic carbocycles. The van der Waals surface area contributed by atoms with Crippen LogP contribution in [0.15, 0.2) is 85.1 Å². The second-order valence-corrected chi connectivity index (χ2v) is 13.9. The smallest absolute Gasteiger partial charge is 0.267 e. The second-order valence-electron chi connectivity index (χ2n) is 12.4. The van der Waals surface area contributed by atoms with Crippen molar-refractivity contribution >= 4 is 16.0 Å². The number of hydrogen-bond donors (Lipinski definition) is 3. The Morgan fingerprint density at radius 1 is 0.583 bits per heavy atom. The molecule has 0 heterocycles. The van der Waals surface area contributed by atoms with E-state index in [2.05, 4.69) is 92.1 Å². The van der Waals surface area contributed by atoms with Crippen LogP contribution in [0.1, 0.15) is 149 Å². The van der Waals surface area contributed by atoms with Gasteiger partial charge in [-0.25, -0.2) is 0 Å². The fourth-order valence-corrected chi connectivity index (χ4v) is 5.73. The zero-order valence-electron chi connectivity index (χ0n) is 30.3. The molecule has 2 atom stereocenters. The molecule has 0 saturated heterocycles. The number of aliphatic hydroxyl groups excluding tert-OH is 1. The van der Waals surface area contributed by atoms with Gasteiger partial charge in [-0.05, 0) is 83.5 Å². The highest BCUT2D eigenvalue weighted by Crippen LogP contribution is 2.10. The number of carbonyl (C=O) groups is 1. The Balaban J connectivity index is 4.14. The highest BCUT2D eigenvalue weighted by atomic mass is 32.2. The van der Waals surface area contributed by atoms with E-state index in [1.54, 1.807) is 6.08 Å². The van der Waals surface area contributed by atoms with Crippen molar-refractivity contribution in [3.63, 3.8) is 0 Å². The molecule has 0 radical (unpaired) electrons. The molecule has 0 aromatic carbocycles. The number of aliphatic hydroxyl groups is 1. The van der Waals surface area contributed by atoms with E-state index in [0.29, 0.717) is 12.8 Å². The largest absolute Gasteiger partial charge is 0.387 e. The van der Waals surface area contributed by atoms with E-state index in [1.807, 2.05) is 0 Å². The topological polar surface area (TPSA) is 104 Å². The normalized spacial score (nSPS) is 14.3. The standard InChI is InChI=1S/C41H69NO5S/c1-3-5-7-9-11-13-15-17-19-21-23-25-27-29-31-33-35-37-41(44)42-39(38-48(45,46)47)40(43)36-34-32-30-28-26-24-22-20-18-16-14-12-10-8-6-4-2/h5,7,11,13,17-20,23,25-26,28,34,36,39-40,43H,3-4,6,8-10,12,14-16,21-22,24,27,29-33,35,37-38H2,1-2H3,(H,42,44)(H,45,46,47)/b7-5-,13-11-,19-17-,20-18+,25-23-,28-26+,36-34+. The van der Waals surface area contributed by atoms with Crippen molar-refractivity contribution in [2.75, 3.05) is 5.75 Å². The van der Waals surface area contributed by atoms with Crippen LogP contribution in [-0.4, -0.2) is 41.9 Å². The molecule has 0 aliphatic rings. The summed E-state index contributed by atoms with van der Waals surface area (Å²) in [5, 5.41) is 13.1. The second kappa shape index (κ2) is 34.4. The van der Waals surface area contributed by atoms with Gasteiger partial charge in [0.05, 0.1) is 17.9 Å². The lowest BCUT2D eigenvalue weighted by Crippen LogP contribution is -2.46. The summed E-state index contributed by atoms with van der Waals surface area (Å²) in [6.07, 6.45) is 49.9. The quantitative estimate of drug-likeness (QED) is 0.0371. The molecule has 2 unspecified atom stereocenters. The molecule has 48 heavy (non-hydrogen) atoms. The van der Waals surface area contributed by atoms with Crippen LogP contribution in [0.3, 0.4) is 0 Å². The van der Waals surface area contributed by atoms with Crippen LogP contribution in [-0.2, 0) is 14.9 Å². The summed E-state index contributed by atoms with van der Waals surface area (Å²) in [5.41, 5.74) is 0. The highest BCUT2D eigenvalue weighted by Gasteiger charge is 2.24. The zero-order chi connectivity index (χ0) is 35.4. The highest BCUT2D eigenvalue weighted by molar-refractivity contribution is 7.85. The van der Waals surface area contributed by atoms with Gasteiger partial charge in [0.2, 0.25) is 5.91 Å². The van der Waals surface area contributed by atoms with Crippen LogP contribution in [0, 0.1) is 0 Å². The van der Waals surface area contributed by atoms with Crippen LogP contribution in [0.2, 0.25) is 0 Å². The Morgan fingerprint density at radius 3 is 1.56 bits per heavy atom. The minimum Gasteiger partial charge on any atom is -0.387 e. The lowest BCUT2D eigenvalue weighted by atomic mass is 10.1. The lowest BCUT2D eigenvalue weighted by Gasteiger charge is -2.21. The first kappa shape index (κ1) is 45.5. The van der Waals surface area contributed by atoms with Gasteiger partial charge in [0.25, 0.3) is 10.1 Å². The van der Waals surface area contributed by atoms with E-state index >= 15 is 0 Å². The molecule has 0 spiro atoms. The number of allylic oxidation sites excluding steroid dienone is 13. The van der Waals surface area contributed by atoms with Crippen LogP contribution in [0.4, 0.5) is 0 Å². The van der Waals surface area contributed by atoms with Crippen molar-refractivity contribution in [3.8, 4) is 0 Å². The third kappa shape index (κ3) is 34.8. The molecule has 6 nitrogen and oxygen atoms in total. The summed E-state index contributed by atoms with van der Waals surface area (Å²) >= 11 is 0. The summed E-state index contributed by atoms with van der Waals surface area (Å²) in [6, 6.07) is -1.10. The van der Waals surface area contributed by atoms with Gasteiger partial charge in [0, 0.05) is 6.42 Å². The van der Waals surface area contributed by atoms with Gasteiger partial charge >= 0.3 is 0 Å². The van der Waals surface area contributed by atoms with E-state index in [-0.39, 0.29) is 12.3 Å². The first-order valence-electron chi connectivity index (χ1n) is 18.8. The predicted molar refractivity (Wildman–Crippen MR) is 207 cm³/mol. The maximum atomic E-state index is 12.5. The minimum absolute atomic E-state index is 0.251. The number of unbranched alkanes of at least 4 members (excludes halogenated alkanes) is 12. The summed E-state index contributed by atoms with van der Waals surface area (Å²) < 4.78 is 32.4. The lowest BCUT2D eigenvalue weighted by molar-refractivity contribution is -0.122. The Morgan fingerprint density at radius 2 is 1.02 bits per heavy atom. The van der Waals surface area contributed by atoms with Crippen molar-refractivity contribution in [1.82, 2.24) is 5.32 Å². The van der Waals surface area contributed by atoms with Gasteiger partial charge in [0.1, 0.15) is 0 Å². The minimum atomic E-state index is -4.37. The molecule has 274 valence electrons. The monoisotopic (exact) mass is 687 g/mol. The maximum absolute atomic E-state index is 12.5. The van der Waals surface area contributed by atoms with Crippen molar-refractivity contribution in [1.29, 1.82) is 0 Å². The third-order valence-electron chi connectivity index (χ3n) is 7.78. The number of hydrogen-bond acceptors (Lipinski definition) is 4. The molecule has 7 heteroatoms. The maximum Gasteiger partial charge on any atom is 0.267 e. The van der Waals surface area contributed by atoms with Crippen molar-refractivity contribution in [2.24, 2.45) is 0 Å². The molecule has 0 aromatic heterocycles. The van der Waals surface area contributed by atoms with E-state index in [1.165, 1.54) is 44.6 Å². The Labute approximate surface area is 295 Å². The van der Waals surface area contributed by atoms with Crippen molar-refractivity contribution < 1.29 is 22.9 Å². The van der Waals surface area contributed by atoms with E-state index in [0.717, 1.165) is 77.0 Å². The molecular formula is C41H69NO5S. The SMILES string of the molecule is CC/C=C\C/C=C\C/C=C\C/C=C\CCCCCCC(=O)NC(CS(=O)(=O)O)C(O)/C=C/CC/C=C/CC/C=C/CCCCCCCC. The van der Waals surface area contributed by atoms with Crippen LogP contribution < -0.4 is 5.32 Å². The average molecular weight is 688 g/mol. The Kier molecular flexibility index (Phi) is 32.6. The molecular weight excluding hydrogens is 619 g/mol. The van der Waals surface area contributed by atoms with E-state index in [9.17, 15) is 22.9 Å². The fourth-order valence-electron chi connectivity index (χ4n) is 5.00. The molecule has 1 amide bonds. The average Bonchev–Trinajstić information content (AvgIpc) is 3.05. The van der Waals surface area contributed by atoms with Gasteiger partial charge in [-0.15, -0.1) is 0 Å². The van der Waals surface area contributed by atoms with E-state index in [4.69, 9.17) is 0 Å². The third-order valence-corrected chi connectivity index (χ3v) is 8.56. The Bertz CT molecular complexity index is 1070. The molecule has 0 aromatic rings. The predicted octanol–water partition coefficient (Wildman–Crippen LogP) is 10.8. The summed E-state index contributed by atoms with van der Waals surface area (Å²) in [6.45, 7) is 4.38. The molecule has 3 N–H and O–H groups in total. The van der Waals surface area contributed by atoms with Gasteiger partial charge in [-0.3, -0.25) is 9.35 Å². The van der Waals surface area contributed by atoms with E-state index < -0.39 is 28.0 Å². The van der Waals surface area contributed by atoms with Crippen LogP contribution in [0.5, 0.6) is 0 Å². The molecule has 0 fully saturated rings. The summed E-state index contributed by atoms with van der Waals surface area (Å²) in [4.78, 5) is 12.5. The van der Waals surface area contributed by atoms with Crippen molar-refractivity contribution in [2.45, 2.75) is 161 Å². The zero-order valence-corrected chi connectivity index (χ0v) is 31.1. The molecule has 0 aliphatic heterocycles. The molecule has 0 rings (SSSR count). The van der Waals surface area contributed by atoms with Gasteiger partial charge < -0.3 is 10.4 Å². The van der Waals surface area contributed by atoms with Gasteiger partial charge in [-0.2, -0.15) is 8.42 Å². The van der Waals surface area contributed by atoms with Crippen molar-refractivity contribution in [3.05, 3.63) is 85.1 Å². The first-order valence-corrected chi connectivity index (χ1v) is 20.4. The Hall–Kier alpha value is -2.48.